The van der Waals surface area contributed by atoms with Gasteiger partial charge in [0.25, 0.3) is 0 Å². The van der Waals surface area contributed by atoms with E-state index < -0.39 is 12.0 Å². The summed E-state index contributed by atoms with van der Waals surface area (Å²) in [5.74, 6) is -0.775. The number of morpholine rings is 1. The van der Waals surface area contributed by atoms with Crippen LogP contribution in [0.25, 0.3) is 0 Å². The maximum absolute atomic E-state index is 11.4. The molecule has 0 amide bonds. The Morgan fingerprint density at radius 3 is 3.05 bits per heavy atom. The van der Waals surface area contributed by atoms with Crippen LogP contribution < -0.4 is 0 Å². The zero-order valence-electron chi connectivity index (χ0n) is 10.9. The second kappa shape index (κ2) is 5.31. The normalized spacial score (nSPS) is 27.8. The molecule has 0 saturated carbocycles. The fourth-order valence-electron chi connectivity index (χ4n) is 3.28. The first-order valence-corrected chi connectivity index (χ1v) is 6.91. The third-order valence-electron chi connectivity index (χ3n) is 4.19. The van der Waals surface area contributed by atoms with Crippen molar-refractivity contribution in [3.05, 3.63) is 35.4 Å². The van der Waals surface area contributed by atoms with Crippen LogP contribution >= 0.6 is 0 Å². The number of hydrogen-bond donors (Lipinski definition) is 1. The van der Waals surface area contributed by atoms with Crippen LogP contribution in [0.1, 0.15) is 30.0 Å². The molecular formula is C15H19NO3. The summed E-state index contributed by atoms with van der Waals surface area (Å²) in [5, 5.41) is 9.37. The van der Waals surface area contributed by atoms with Crippen molar-refractivity contribution in [2.75, 3.05) is 19.8 Å². The van der Waals surface area contributed by atoms with E-state index in [0.29, 0.717) is 19.8 Å². The average molecular weight is 261 g/mol. The molecule has 1 fully saturated rings. The number of rotatable bonds is 2. The van der Waals surface area contributed by atoms with Crippen LogP contribution in [0.3, 0.4) is 0 Å². The Hall–Kier alpha value is -1.39. The fraction of sp³-hybridized carbons (Fsp3) is 0.533. The molecule has 4 heteroatoms. The Morgan fingerprint density at radius 1 is 1.37 bits per heavy atom. The highest BCUT2D eigenvalue weighted by atomic mass is 16.5. The lowest BCUT2D eigenvalue weighted by Crippen LogP contribution is -2.51. The first-order chi connectivity index (χ1) is 9.27. The van der Waals surface area contributed by atoms with Crippen molar-refractivity contribution in [2.45, 2.75) is 31.3 Å². The van der Waals surface area contributed by atoms with Gasteiger partial charge in [0.1, 0.15) is 6.04 Å². The molecule has 0 bridgehead atoms. The molecule has 1 aromatic carbocycles. The molecule has 1 aliphatic carbocycles. The Labute approximate surface area is 113 Å². The SMILES string of the molecule is O=C(O)C1COCCN1C1CCCc2ccccc21. The van der Waals surface area contributed by atoms with Crippen LogP contribution in [-0.2, 0) is 16.0 Å². The van der Waals surface area contributed by atoms with Gasteiger partial charge in [-0.1, -0.05) is 24.3 Å². The third kappa shape index (κ3) is 2.38. The summed E-state index contributed by atoms with van der Waals surface area (Å²) in [5.41, 5.74) is 2.68. The van der Waals surface area contributed by atoms with Crippen LogP contribution in [-0.4, -0.2) is 41.8 Å². The molecule has 2 unspecified atom stereocenters. The molecule has 0 radical (unpaired) electrons. The Morgan fingerprint density at radius 2 is 2.21 bits per heavy atom. The second-order valence-corrected chi connectivity index (χ2v) is 5.27. The van der Waals surface area contributed by atoms with E-state index in [2.05, 4.69) is 23.1 Å². The lowest BCUT2D eigenvalue weighted by Gasteiger charge is -2.41. The minimum Gasteiger partial charge on any atom is -0.480 e. The zero-order chi connectivity index (χ0) is 13.2. The minimum atomic E-state index is -0.775. The van der Waals surface area contributed by atoms with Gasteiger partial charge in [0.15, 0.2) is 0 Å². The summed E-state index contributed by atoms with van der Waals surface area (Å²) in [6, 6.07) is 8.15. The number of carbonyl (C=O) groups is 1. The monoisotopic (exact) mass is 261 g/mol. The van der Waals surface area contributed by atoms with E-state index in [-0.39, 0.29) is 6.04 Å². The maximum atomic E-state index is 11.4. The third-order valence-corrected chi connectivity index (χ3v) is 4.19. The van der Waals surface area contributed by atoms with Gasteiger partial charge in [-0.2, -0.15) is 0 Å². The Bertz CT molecular complexity index is 474. The lowest BCUT2D eigenvalue weighted by atomic mass is 9.86. The molecule has 0 aromatic heterocycles. The number of carboxylic acid groups (broad SMARTS) is 1. The van der Waals surface area contributed by atoms with Crippen LogP contribution in [0.2, 0.25) is 0 Å². The van der Waals surface area contributed by atoms with E-state index in [9.17, 15) is 9.90 Å². The predicted octanol–water partition coefficient (Wildman–Crippen LogP) is 1.85. The first kappa shape index (κ1) is 12.6. The van der Waals surface area contributed by atoms with Crippen LogP contribution in [0.15, 0.2) is 24.3 Å². The predicted molar refractivity (Wildman–Crippen MR) is 71.1 cm³/mol. The van der Waals surface area contributed by atoms with E-state index in [4.69, 9.17) is 4.74 Å². The van der Waals surface area contributed by atoms with Crippen molar-refractivity contribution in [3.8, 4) is 0 Å². The van der Waals surface area contributed by atoms with E-state index in [1.807, 2.05) is 6.07 Å². The second-order valence-electron chi connectivity index (χ2n) is 5.27. The molecule has 4 nitrogen and oxygen atoms in total. The van der Waals surface area contributed by atoms with Crippen LogP contribution in [0.4, 0.5) is 0 Å². The molecular weight excluding hydrogens is 242 g/mol. The quantitative estimate of drug-likeness (QED) is 0.882. The first-order valence-electron chi connectivity index (χ1n) is 6.91. The van der Waals surface area contributed by atoms with Gasteiger partial charge >= 0.3 is 5.97 Å². The van der Waals surface area contributed by atoms with E-state index >= 15 is 0 Å². The average Bonchev–Trinajstić information content (AvgIpc) is 2.46. The highest BCUT2D eigenvalue weighted by molar-refractivity contribution is 5.73. The van der Waals surface area contributed by atoms with Gasteiger partial charge in [0, 0.05) is 12.6 Å². The van der Waals surface area contributed by atoms with Crippen molar-refractivity contribution in [1.29, 1.82) is 0 Å². The molecule has 2 atom stereocenters. The molecule has 1 saturated heterocycles. The maximum Gasteiger partial charge on any atom is 0.323 e. The summed E-state index contributed by atoms with van der Waals surface area (Å²) in [6.45, 7) is 1.63. The molecule has 3 rings (SSSR count). The summed E-state index contributed by atoms with van der Waals surface area (Å²) in [7, 11) is 0. The standard InChI is InChI=1S/C15H19NO3/c17-15(18)14-10-19-9-8-16(14)13-7-3-5-11-4-1-2-6-12(11)13/h1-2,4,6,13-14H,3,5,7-10H2,(H,17,18). The van der Waals surface area contributed by atoms with Crippen LogP contribution in [0.5, 0.6) is 0 Å². The van der Waals surface area contributed by atoms with E-state index in [0.717, 1.165) is 19.3 Å². The summed E-state index contributed by atoms with van der Waals surface area (Å²) >= 11 is 0. The molecule has 1 aliphatic heterocycles. The van der Waals surface area contributed by atoms with Gasteiger partial charge < -0.3 is 9.84 Å². The van der Waals surface area contributed by atoms with Crippen molar-refractivity contribution >= 4 is 5.97 Å². The number of hydrogen-bond acceptors (Lipinski definition) is 3. The highest BCUT2D eigenvalue weighted by Crippen LogP contribution is 2.35. The Balaban J connectivity index is 1.91. The number of benzene rings is 1. The lowest BCUT2D eigenvalue weighted by molar-refractivity contribution is -0.152. The zero-order valence-corrected chi connectivity index (χ0v) is 10.9. The number of aryl methyl sites for hydroxylation is 1. The molecule has 19 heavy (non-hydrogen) atoms. The van der Waals surface area contributed by atoms with Gasteiger partial charge in [-0.25, -0.2) is 0 Å². The summed E-state index contributed by atoms with van der Waals surface area (Å²) in [4.78, 5) is 13.5. The van der Waals surface area contributed by atoms with E-state index in [1.54, 1.807) is 0 Å². The largest absolute Gasteiger partial charge is 0.480 e. The molecule has 102 valence electrons. The smallest absolute Gasteiger partial charge is 0.323 e. The number of nitrogens with zero attached hydrogens (tertiary/aromatic N) is 1. The minimum absolute atomic E-state index is 0.231. The van der Waals surface area contributed by atoms with Gasteiger partial charge in [-0.15, -0.1) is 0 Å². The molecule has 2 aliphatic rings. The number of carboxylic acids is 1. The van der Waals surface area contributed by atoms with Gasteiger partial charge in [0.2, 0.25) is 0 Å². The summed E-state index contributed by atoms with van der Waals surface area (Å²) in [6.07, 6.45) is 3.28. The molecule has 0 spiro atoms. The number of aliphatic carboxylic acids is 1. The van der Waals surface area contributed by atoms with Crippen molar-refractivity contribution in [1.82, 2.24) is 4.90 Å². The molecule has 1 heterocycles. The highest BCUT2D eigenvalue weighted by Gasteiger charge is 2.36. The summed E-state index contributed by atoms with van der Waals surface area (Å²) < 4.78 is 5.33. The van der Waals surface area contributed by atoms with Gasteiger partial charge in [-0.3, -0.25) is 9.69 Å². The fourth-order valence-corrected chi connectivity index (χ4v) is 3.28. The van der Waals surface area contributed by atoms with Crippen molar-refractivity contribution in [3.63, 3.8) is 0 Å². The topological polar surface area (TPSA) is 49.8 Å². The van der Waals surface area contributed by atoms with Gasteiger partial charge in [0.05, 0.1) is 13.2 Å². The number of ether oxygens (including phenoxy) is 1. The Kier molecular flexibility index (Phi) is 3.53. The number of fused-ring (bicyclic) bond motifs is 1. The van der Waals surface area contributed by atoms with Crippen molar-refractivity contribution in [2.24, 2.45) is 0 Å². The van der Waals surface area contributed by atoms with Gasteiger partial charge in [-0.05, 0) is 30.4 Å². The molecule has 1 N–H and O–H groups in total. The van der Waals surface area contributed by atoms with Crippen molar-refractivity contribution < 1.29 is 14.6 Å². The van der Waals surface area contributed by atoms with E-state index in [1.165, 1.54) is 11.1 Å². The van der Waals surface area contributed by atoms with Crippen LogP contribution in [0, 0.1) is 0 Å². The molecule has 1 aromatic rings.